The van der Waals surface area contributed by atoms with Gasteiger partial charge in [0.25, 0.3) is 0 Å². The predicted octanol–water partition coefficient (Wildman–Crippen LogP) is 3.69. The van der Waals surface area contributed by atoms with E-state index in [9.17, 15) is 0 Å². The van der Waals surface area contributed by atoms with Gasteiger partial charge < -0.3 is 5.32 Å². The fraction of sp³-hybridized carbons (Fsp3) is 1.00. The summed E-state index contributed by atoms with van der Waals surface area (Å²) in [5, 5.41) is 3.61. The van der Waals surface area contributed by atoms with E-state index in [4.69, 9.17) is 0 Å². The van der Waals surface area contributed by atoms with Crippen molar-refractivity contribution >= 4 is 11.8 Å². The molecule has 1 aliphatic rings. The van der Waals surface area contributed by atoms with Crippen LogP contribution in [0, 0.1) is 5.92 Å². The zero-order valence-electron chi connectivity index (χ0n) is 10.3. The molecule has 15 heavy (non-hydrogen) atoms. The van der Waals surface area contributed by atoms with Crippen LogP contribution in [0.1, 0.15) is 51.9 Å². The van der Waals surface area contributed by atoms with Crippen molar-refractivity contribution in [3.05, 3.63) is 0 Å². The Morgan fingerprint density at radius 1 is 1.13 bits per heavy atom. The number of rotatable bonds is 8. The van der Waals surface area contributed by atoms with Gasteiger partial charge in [-0.15, -0.1) is 0 Å². The molecule has 0 aliphatic heterocycles. The number of hydrogen-bond donors (Lipinski definition) is 1. The van der Waals surface area contributed by atoms with Gasteiger partial charge in [0.15, 0.2) is 0 Å². The molecule has 1 nitrogen and oxygen atoms in total. The Morgan fingerprint density at radius 2 is 1.93 bits per heavy atom. The summed E-state index contributed by atoms with van der Waals surface area (Å²) in [5.41, 5.74) is 0. The highest BCUT2D eigenvalue weighted by Gasteiger charge is 2.11. The zero-order chi connectivity index (χ0) is 10.8. The molecule has 0 aromatic heterocycles. The highest BCUT2D eigenvalue weighted by atomic mass is 32.2. The first-order valence-corrected chi connectivity index (χ1v) is 7.87. The minimum Gasteiger partial charge on any atom is -0.316 e. The second-order valence-corrected chi connectivity index (χ2v) is 5.90. The molecule has 1 aliphatic carbocycles. The van der Waals surface area contributed by atoms with Crippen LogP contribution in [0.2, 0.25) is 0 Å². The van der Waals surface area contributed by atoms with Crippen molar-refractivity contribution in [1.82, 2.24) is 5.32 Å². The molecule has 0 atom stereocenters. The van der Waals surface area contributed by atoms with Gasteiger partial charge in [0.1, 0.15) is 0 Å². The molecule has 1 rings (SSSR count). The normalized spacial score (nSPS) is 18.2. The Bertz CT molecular complexity index is 132. The lowest BCUT2D eigenvalue weighted by molar-refractivity contribution is 0.345. The highest BCUT2D eigenvalue weighted by Crippen LogP contribution is 2.22. The summed E-state index contributed by atoms with van der Waals surface area (Å²) in [5.74, 6) is 3.63. The smallest absolute Gasteiger partial charge is 0.00581 e. The fourth-order valence-corrected chi connectivity index (χ4v) is 3.18. The van der Waals surface area contributed by atoms with Crippen LogP contribution < -0.4 is 5.32 Å². The predicted molar refractivity (Wildman–Crippen MR) is 71.7 cm³/mol. The monoisotopic (exact) mass is 229 g/mol. The molecule has 1 fully saturated rings. The summed E-state index contributed by atoms with van der Waals surface area (Å²) in [7, 11) is 0. The maximum atomic E-state index is 3.61. The van der Waals surface area contributed by atoms with Crippen LogP contribution in [-0.4, -0.2) is 24.6 Å². The van der Waals surface area contributed by atoms with Crippen molar-refractivity contribution in [2.45, 2.75) is 51.9 Å². The lowest BCUT2D eigenvalue weighted by Crippen LogP contribution is -2.26. The Balaban J connectivity index is 1.79. The van der Waals surface area contributed by atoms with Gasteiger partial charge in [-0.05, 0) is 37.5 Å². The maximum Gasteiger partial charge on any atom is 0.00581 e. The molecule has 0 spiro atoms. The maximum absolute atomic E-state index is 3.61. The Morgan fingerprint density at radius 3 is 2.67 bits per heavy atom. The summed E-state index contributed by atoms with van der Waals surface area (Å²) >= 11 is 2.10. The fourth-order valence-electron chi connectivity index (χ4n) is 2.19. The molecule has 0 amide bonds. The van der Waals surface area contributed by atoms with Crippen molar-refractivity contribution < 1.29 is 0 Å². The van der Waals surface area contributed by atoms with Crippen molar-refractivity contribution in [2.24, 2.45) is 5.92 Å². The number of thioether (sulfide) groups is 1. The van der Waals surface area contributed by atoms with Gasteiger partial charge in [0, 0.05) is 12.3 Å². The first-order chi connectivity index (χ1) is 7.43. The average Bonchev–Trinajstić information content (AvgIpc) is 2.29. The molecule has 0 unspecified atom stereocenters. The molecular formula is C13H27NS. The van der Waals surface area contributed by atoms with Gasteiger partial charge in [-0.3, -0.25) is 0 Å². The van der Waals surface area contributed by atoms with Gasteiger partial charge in [0.05, 0.1) is 0 Å². The van der Waals surface area contributed by atoms with Gasteiger partial charge in [-0.2, -0.15) is 11.8 Å². The van der Waals surface area contributed by atoms with Crippen LogP contribution >= 0.6 is 11.8 Å². The molecule has 90 valence electrons. The van der Waals surface area contributed by atoms with Crippen molar-refractivity contribution in [1.29, 1.82) is 0 Å². The third-order valence-corrected chi connectivity index (χ3v) is 4.29. The van der Waals surface area contributed by atoms with E-state index in [1.165, 1.54) is 69.5 Å². The second-order valence-electron chi connectivity index (χ2n) is 4.67. The van der Waals surface area contributed by atoms with E-state index in [1.807, 2.05) is 0 Å². The van der Waals surface area contributed by atoms with Crippen LogP contribution in [0.15, 0.2) is 0 Å². The van der Waals surface area contributed by atoms with Crippen molar-refractivity contribution in [3.63, 3.8) is 0 Å². The molecule has 0 aromatic carbocycles. The Labute approximate surface area is 99.8 Å². The van der Waals surface area contributed by atoms with Gasteiger partial charge in [0.2, 0.25) is 0 Å². The molecule has 0 heterocycles. The van der Waals surface area contributed by atoms with Gasteiger partial charge >= 0.3 is 0 Å². The molecule has 0 radical (unpaired) electrons. The summed E-state index contributed by atoms with van der Waals surface area (Å²) in [6.45, 7) is 4.75. The standard InChI is InChI=1S/C13H27NS/c1-2-3-10-15-11-9-14-12-13-7-5-4-6-8-13/h13-14H,2-12H2,1H3. The van der Waals surface area contributed by atoms with Crippen molar-refractivity contribution in [3.8, 4) is 0 Å². The summed E-state index contributed by atoms with van der Waals surface area (Å²) in [6, 6.07) is 0. The van der Waals surface area contributed by atoms with E-state index in [0.717, 1.165) is 5.92 Å². The second kappa shape index (κ2) is 9.53. The van der Waals surface area contributed by atoms with Gasteiger partial charge in [-0.25, -0.2) is 0 Å². The molecule has 0 bridgehead atoms. The molecule has 0 saturated heterocycles. The van der Waals surface area contributed by atoms with E-state index in [0.29, 0.717) is 0 Å². The molecule has 2 heteroatoms. The topological polar surface area (TPSA) is 12.0 Å². The molecule has 1 saturated carbocycles. The summed E-state index contributed by atoms with van der Waals surface area (Å²) in [6.07, 6.45) is 10.1. The van der Waals surface area contributed by atoms with E-state index in [1.54, 1.807) is 0 Å². The van der Waals surface area contributed by atoms with Crippen molar-refractivity contribution in [2.75, 3.05) is 24.6 Å². The third-order valence-electron chi connectivity index (χ3n) is 3.22. The van der Waals surface area contributed by atoms with Crippen LogP contribution in [0.5, 0.6) is 0 Å². The average molecular weight is 229 g/mol. The highest BCUT2D eigenvalue weighted by molar-refractivity contribution is 7.99. The van der Waals surface area contributed by atoms with Crippen LogP contribution in [0.4, 0.5) is 0 Å². The Kier molecular flexibility index (Phi) is 8.50. The molecular weight excluding hydrogens is 202 g/mol. The molecule has 1 N–H and O–H groups in total. The first kappa shape index (κ1) is 13.4. The Hall–Kier alpha value is 0.310. The van der Waals surface area contributed by atoms with E-state index >= 15 is 0 Å². The number of hydrogen-bond acceptors (Lipinski definition) is 2. The lowest BCUT2D eigenvalue weighted by atomic mass is 9.89. The van der Waals surface area contributed by atoms with Crippen LogP contribution in [-0.2, 0) is 0 Å². The van der Waals surface area contributed by atoms with Crippen LogP contribution in [0.25, 0.3) is 0 Å². The number of nitrogens with one attached hydrogen (secondary N) is 1. The van der Waals surface area contributed by atoms with Gasteiger partial charge in [-0.1, -0.05) is 32.6 Å². The largest absolute Gasteiger partial charge is 0.316 e. The summed E-state index contributed by atoms with van der Waals surface area (Å²) in [4.78, 5) is 0. The van der Waals surface area contributed by atoms with E-state index in [2.05, 4.69) is 24.0 Å². The third kappa shape index (κ3) is 7.24. The summed E-state index contributed by atoms with van der Waals surface area (Å²) < 4.78 is 0. The quantitative estimate of drug-likeness (QED) is 0.637. The lowest BCUT2D eigenvalue weighted by Gasteiger charge is -2.21. The van der Waals surface area contributed by atoms with E-state index in [-0.39, 0.29) is 0 Å². The SMILES string of the molecule is CCCCSCCNCC1CCCCC1. The first-order valence-electron chi connectivity index (χ1n) is 6.72. The minimum absolute atomic E-state index is 0.986. The van der Waals surface area contributed by atoms with E-state index < -0.39 is 0 Å². The zero-order valence-corrected chi connectivity index (χ0v) is 11.1. The molecule has 0 aromatic rings. The minimum atomic E-state index is 0.986. The number of unbranched alkanes of at least 4 members (excludes halogenated alkanes) is 1. The van der Waals surface area contributed by atoms with Crippen LogP contribution in [0.3, 0.4) is 0 Å².